The molecule has 1 amide bonds. The Morgan fingerprint density at radius 1 is 1.23 bits per heavy atom. The molecule has 0 unspecified atom stereocenters. The van der Waals surface area contributed by atoms with Gasteiger partial charge in [-0.05, 0) is 50.4 Å². The van der Waals surface area contributed by atoms with E-state index < -0.39 is 23.8 Å². The monoisotopic (exact) mass is 420 g/mol. The maximum Gasteiger partial charge on any atom is 0.330 e. The Hall–Kier alpha value is -2.58. The molecule has 2 saturated carbocycles. The Morgan fingerprint density at radius 3 is 2.60 bits per heavy atom. The van der Waals surface area contributed by atoms with Gasteiger partial charge >= 0.3 is 11.7 Å². The fourth-order valence-corrected chi connectivity index (χ4v) is 4.96. The molecular weight excluding hydrogens is 388 g/mol. The van der Waals surface area contributed by atoms with Crippen LogP contribution in [0.3, 0.4) is 0 Å². The summed E-state index contributed by atoms with van der Waals surface area (Å²) >= 11 is 0. The highest BCUT2D eigenvalue weighted by Crippen LogP contribution is 2.49. The standard InChI is InChI=1S/C21H32N4O5/c1-3-5-8-25-19(22)18(20(28)23-21(25)29)24(4-2)16(26)12-30-17(27)11-15-10-13-6-7-14(15)9-13/h13-15H,3-12,22H2,1-2H3,(H,23,28,29)/t13-,14+,15-/m0/s1. The summed E-state index contributed by atoms with van der Waals surface area (Å²) < 4.78 is 6.49. The lowest BCUT2D eigenvalue weighted by Crippen LogP contribution is -2.42. The topological polar surface area (TPSA) is 127 Å². The number of H-pyrrole nitrogens is 1. The number of rotatable bonds is 9. The third kappa shape index (κ3) is 4.60. The van der Waals surface area contributed by atoms with Crippen molar-refractivity contribution in [2.75, 3.05) is 23.8 Å². The van der Waals surface area contributed by atoms with Gasteiger partial charge in [-0.3, -0.25) is 23.9 Å². The quantitative estimate of drug-likeness (QED) is 0.585. The normalized spacial score (nSPS) is 22.3. The Labute approximate surface area is 175 Å². The van der Waals surface area contributed by atoms with Crippen molar-refractivity contribution in [1.29, 1.82) is 0 Å². The average Bonchev–Trinajstić information content (AvgIpc) is 3.32. The molecule has 0 spiro atoms. The Bertz CT molecular complexity index is 906. The largest absolute Gasteiger partial charge is 0.456 e. The molecule has 2 bridgehead atoms. The van der Waals surface area contributed by atoms with Crippen LogP contribution < -0.4 is 21.9 Å². The minimum atomic E-state index is -0.728. The van der Waals surface area contributed by atoms with Gasteiger partial charge in [-0.25, -0.2) is 4.79 Å². The van der Waals surface area contributed by atoms with E-state index in [9.17, 15) is 19.2 Å². The first-order valence-corrected chi connectivity index (χ1v) is 10.9. The molecule has 0 aliphatic heterocycles. The molecule has 166 valence electrons. The molecule has 3 N–H and O–H groups in total. The molecule has 3 rings (SSSR count). The number of amides is 1. The number of nitrogens with zero attached hydrogens (tertiary/aromatic N) is 2. The van der Waals surface area contributed by atoms with Gasteiger partial charge in [0.15, 0.2) is 12.3 Å². The van der Waals surface area contributed by atoms with E-state index in [0.717, 1.165) is 18.8 Å². The SMILES string of the molecule is CCCCn1c(N)c(N(CC)C(=O)COC(=O)C[C@@H]2C[C@H]3CC[C@@H]2C3)c(=O)[nH]c1=O. The lowest BCUT2D eigenvalue weighted by molar-refractivity contribution is -0.149. The van der Waals surface area contributed by atoms with Crippen LogP contribution in [0.1, 0.15) is 58.8 Å². The summed E-state index contributed by atoms with van der Waals surface area (Å²) in [5, 5.41) is 0. The fraction of sp³-hybridized carbons (Fsp3) is 0.714. The number of hydrogen-bond acceptors (Lipinski definition) is 6. The number of nitrogens with one attached hydrogen (secondary N) is 1. The average molecular weight is 421 g/mol. The number of aromatic amines is 1. The summed E-state index contributed by atoms with van der Waals surface area (Å²) in [6.45, 7) is 3.70. The van der Waals surface area contributed by atoms with Crippen LogP contribution in [0.15, 0.2) is 9.59 Å². The number of carbonyl (C=O) groups excluding carboxylic acids is 2. The summed E-state index contributed by atoms with van der Waals surface area (Å²) in [4.78, 5) is 52.8. The van der Waals surface area contributed by atoms with Crippen LogP contribution in [0.25, 0.3) is 0 Å². The Morgan fingerprint density at radius 2 is 2.00 bits per heavy atom. The van der Waals surface area contributed by atoms with Crippen LogP contribution in [0.2, 0.25) is 0 Å². The van der Waals surface area contributed by atoms with Crippen molar-refractivity contribution in [2.45, 2.75) is 65.3 Å². The number of unbranched alkanes of at least 4 members (excludes halogenated alkanes) is 1. The van der Waals surface area contributed by atoms with E-state index >= 15 is 0 Å². The third-order valence-electron chi connectivity index (χ3n) is 6.51. The highest BCUT2D eigenvalue weighted by atomic mass is 16.5. The minimum absolute atomic E-state index is 0.0549. The number of carbonyl (C=O) groups is 2. The number of fused-ring (bicyclic) bond motifs is 2. The number of nitrogens with two attached hydrogens (primary N) is 1. The van der Waals surface area contributed by atoms with Crippen molar-refractivity contribution in [2.24, 2.45) is 17.8 Å². The van der Waals surface area contributed by atoms with E-state index in [2.05, 4.69) is 4.98 Å². The molecule has 2 fully saturated rings. The summed E-state index contributed by atoms with van der Waals surface area (Å²) in [6.07, 6.45) is 6.60. The minimum Gasteiger partial charge on any atom is -0.456 e. The molecule has 1 heterocycles. The second-order valence-electron chi connectivity index (χ2n) is 8.44. The zero-order valence-electron chi connectivity index (χ0n) is 17.8. The highest BCUT2D eigenvalue weighted by Gasteiger charge is 2.40. The van der Waals surface area contributed by atoms with Crippen LogP contribution in [0.5, 0.6) is 0 Å². The molecule has 9 heteroatoms. The van der Waals surface area contributed by atoms with Gasteiger partial charge in [0.25, 0.3) is 11.5 Å². The number of esters is 1. The molecule has 0 saturated heterocycles. The molecule has 2 aliphatic carbocycles. The van der Waals surface area contributed by atoms with Crippen LogP contribution in [-0.2, 0) is 20.9 Å². The van der Waals surface area contributed by atoms with Crippen molar-refractivity contribution in [1.82, 2.24) is 9.55 Å². The lowest BCUT2D eigenvalue weighted by Gasteiger charge is -2.23. The number of anilines is 2. The van der Waals surface area contributed by atoms with Gasteiger partial charge < -0.3 is 15.4 Å². The molecule has 9 nitrogen and oxygen atoms in total. The predicted octanol–water partition coefficient (Wildman–Crippen LogP) is 1.64. The lowest BCUT2D eigenvalue weighted by atomic mass is 9.86. The van der Waals surface area contributed by atoms with Crippen LogP contribution >= 0.6 is 0 Å². The van der Waals surface area contributed by atoms with Crippen LogP contribution in [0, 0.1) is 17.8 Å². The Kier molecular flexibility index (Phi) is 6.99. The zero-order valence-corrected chi connectivity index (χ0v) is 17.8. The molecule has 1 aromatic heterocycles. The van der Waals surface area contributed by atoms with Crippen molar-refractivity contribution in [3.8, 4) is 0 Å². The molecular formula is C21H32N4O5. The van der Waals surface area contributed by atoms with Crippen LogP contribution in [-0.4, -0.2) is 34.6 Å². The molecule has 0 radical (unpaired) electrons. The van der Waals surface area contributed by atoms with Crippen molar-refractivity contribution >= 4 is 23.4 Å². The van der Waals surface area contributed by atoms with Gasteiger partial charge in [0.2, 0.25) is 0 Å². The van der Waals surface area contributed by atoms with Gasteiger partial charge in [0.05, 0.1) is 0 Å². The number of aromatic nitrogens is 2. The zero-order chi connectivity index (χ0) is 21.8. The number of ether oxygens (including phenoxy) is 1. The van der Waals surface area contributed by atoms with E-state index in [-0.39, 0.29) is 24.0 Å². The second kappa shape index (κ2) is 9.49. The molecule has 1 aromatic rings. The van der Waals surface area contributed by atoms with Gasteiger partial charge in [-0.1, -0.05) is 19.8 Å². The molecule has 30 heavy (non-hydrogen) atoms. The van der Waals surface area contributed by atoms with Gasteiger partial charge in [0.1, 0.15) is 5.82 Å². The van der Waals surface area contributed by atoms with E-state index in [1.807, 2.05) is 6.92 Å². The van der Waals surface area contributed by atoms with Gasteiger partial charge in [-0.15, -0.1) is 0 Å². The van der Waals surface area contributed by atoms with Gasteiger partial charge in [-0.2, -0.15) is 0 Å². The van der Waals surface area contributed by atoms with Crippen molar-refractivity contribution < 1.29 is 14.3 Å². The number of likely N-dealkylation sites (N-methyl/N-ethyl adjacent to an activating group) is 1. The van der Waals surface area contributed by atoms with E-state index in [0.29, 0.717) is 31.2 Å². The summed E-state index contributed by atoms with van der Waals surface area (Å²) in [5.74, 6) is 0.717. The van der Waals surface area contributed by atoms with E-state index in [1.54, 1.807) is 6.92 Å². The summed E-state index contributed by atoms with van der Waals surface area (Å²) in [5.41, 5.74) is 4.67. The van der Waals surface area contributed by atoms with E-state index in [1.165, 1.54) is 28.7 Å². The Balaban J connectivity index is 1.66. The maximum atomic E-state index is 12.7. The predicted molar refractivity (Wildman–Crippen MR) is 113 cm³/mol. The fourth-order valence-electron chi connectivity index (χ4n) is 4.96. The second-order valence-corrected chi connectivity index (χ2v) is 8.44. The summed E-state index contributed by atoms with van der Waals surface area (Å²) in [6, 6.07) is 0. The smallest absolute Gasteiger partial charge is 0.330 e. The summed E-state index contributed by atoms with van der Waals surface area (Å²) in [7, 11) is 0. The van der Waals surface area contributed by atoms with Crippen molar-refractivity contribution in [3.05, 3.63) is 20.8 Å². The number of hydrogen-bond donors (Lipinski definition) is 2. The molecule has 2 aliphatic rings. The highest BCUT2D eigenvalue weighted by molar-refractivity contribution is 5.97. The molecule has 0 aromatic carbocycles. The number of nitrogen functional groups attached to an aromatic ring is 1. The van der Waals surface area contributed by atoms with Crippen LogP contribution in [0.4, 0.5) is 11.5 Å². The maximum absolute atomic E-state index is 12.7. The first-order chi connectivity index (χ1) is 14.3. The van der Waals surface area contributed by atoms with Crippen molar-refractivity contribution in [3.63, 3.8) is 0 Å². The first-order valence-electron chi connectivity index (χ1n) is 10.9. The first kappa shape index (κ1) is 22.1. The van der Waals surface area contributed by atoms with Gasteiger partial charge in [0, 0.05) is 19.5 Å². The molecule has 3 atom stereocenters. The van der Waals surface area contributed by atoms with E-state index in [4.69, 9.17) is 10.5 Å². The third-order valence-corrected chi connectivity index (χ3v) is 6.51.